The molecule has 3 heterocycles. The first kappa shape index (κ1) is 14.1. The summed E-state index contributed by atoms with van der Waals surface area (Å²) in [6.45, 7) is 1.11. The minimum Gasteiger partial charge on any atom is -0.396 e. The van der Waals surface area contributed by atoms with Gasteiger partial charge in [-0.05, 0) is 31.6 Å². The highest BCUT2D eigenvalue weighted by molar-refractivity contribution is 7.91. The van der Waals surface area contributed by atoms with Crippen LogP contribution in [0.25, 0.3) is 0 Å². The normalized spacial score (nSPS) is 29.1. The maximum atomic E-state index is 11.7. The van der Waals surface area contributed by atoms with E-state index in [-0.39, 0.29) is 18.4 Å². The highest BCUT2D eigenvalue weighted by atomic mass is 32.2. The molecule has 3 rings (SSSR count). The molecule has 2 aliphatic heterocycles. The second kappa shape index (κ2) is 5.48. The summed E-state index contributed by atoms with van der Waals surface area (Å²) in [5.41, 5.74) is 1.12. The Hall–Kier alpha value is -0.880. The average molecular weight is 298 g/mol. The summed E-state index contributed by atoms with van der Waals surface area (Å²) in [4.78, 5) is 4.49. The van der Waals surface area contributed by atoms with Crippen molar-refractivity contribution in [2.45, 2.75) is 44.6 Å². The zero-order chi connectivity index (χ0) is 14.2. The summed E-state index contributed by atoms with van der Waals surface area (Å²) in [5, 5.41) is 9.42. The molecule has 0 aromatic carbocycles. The molecular formula is C14H22N2O3S. The lowest BCUT2D eigenvalue weighted by atomic mass is 9.96. The molecule has 2 atom stereocenters. The number of hydrogen-bond donors (Lipinski definition) is 1. The highest BCUT2D eigenvalue weighted by Gasteiger charge is 2.28. The summed E-state index contributed by atoms with van der Waals surface area (Å²) in [6.07, 6.45) is 6.44. The van der Waals surface area contributed by atoms with Gasteiger partial charge in [-0.25, -0.2) is 13.4 Å². The fourth-order valence-corrected chi connectivity index (χ4v) is 5.32. The quantitative estimate of drug-likeness (QED) is 0.907. The van der Waals surface area contributed by atoms with Crippen molar-refractivity contribution in [3.8, 4) is 0 Å². The van der Waals surface area contributed by atoms with Gasteiger partial charge in [-0.1, -0.05) is 0 Å². The number of rotatable bonds is 3. The summed E-state index contributed by atoms with van der Waals surface area (Å²) < 4.78 is 25.6. The molecule has 0 saturated carbocycles. The number of aliphatic hydroxyl groups is 1. The third-order valence-electron chi connectivity index (χ3n) is 4.57. The molecule has 0 spiro atoms. The lowest BCUT2D eigenvalue weighted by Gasteiger charge is -2.26. The predicted octanol–water partition coefficient (Wildman–Crippen LogP) is 1.12. The Kier molecular flexibility index (Phi) is 3.86. The van der Waals surface area contributed by atoms with Crippen molar-refractivity contribution in [3.63, 3.8) is 0 Å². The van der Waals surface area contributed by atoms with Crippen LogP contribution in [0, 0.1) is 5.92 Å². The lowest BCUT2D eigenvalue weighted by Crippen LogP contribution is -2.28. The second-order valence-electron chi connectivity index (χ2n) is 6.10. The van der Waals surface area contributed by atoms with E-state index in [0.29, 0.717) is 11.5 Å². The molecule has 2 aliphatic rings. The smallest absolute Gasteiger partial charge is 0.150 e. The van der Waals surface area contributed by atoms with Crippen LogP contribution in [0.2, 0.25) is 0 Å². The van der Waals surface area contributed by atoms with Gasteiger partial charge in [0.05, 0.1) is 18.1 Å². The summed E-state index contributed by atoms with van der Waals surface area (Å²) in [7, 11) is -2.85. The molecule has 1 saturated heterocycles. The standard InChI is InChI=1S/C14H22N2O3S/c17-9-12-4-1-5-16-13(12)8-15-14(16)7-11-3-2-6-20(18,19)10-11/h8,11-12,17H,1-7,9-10H2. The van der Waals surface area contributed by atoms with Crippen LogP contribution in [0.3, 0.4) is 0 Å². The zero-order valence-electron chi connectivity index (χ0n) is 11.7. The topological polar surface area (TPSA) is 72.2 Å². The molecule has 2 unspecified atom stereocenters. The van der Waals surface area contributed by atoms with Crippen LogP contribution in [0.4, 0.5) is 0 Å². The fraction of sp³-hybridized carbons (Fsp3) is 0.786. The number of hydrogen-bond acceptors (Lipinski definition) is 4. The van der Waals surface area contributed by atoms with Crippen molar-refractivity contribution < 1.29 is 13.5 Å². The van der Waals surface area contributed by atoms with Gasteiger partial charge in [-0.15, -0.1) is 0 Å². The molecule has 0 amide bonds. The number of fused-ring (bicyclic) bond motifs is 1. The summed E-state index contributed by atoms with van der Waals surface area (Å²) >= 11 is 0. The summed E-state index contributed by atoms with van der Waals surface area (Å²) in [6, 6.07) is 0. The minimum absolute atomic E-state index is 0.170. The molecule has 1 aromatic rings. The summed E-state index contributed by atoms with van der Waals surface area (Å²) in [5.74, 6) is 2.05. The molecule has 0 bridgehead atoms. The van der Waals surface area contributed by atoms with Gasteiger partial charge in [0, 0.05) is 30.8 Å². The van der Waals surface area contributed by atoms with Crippen molar-refractivity contribution in [3.05, 3.63) is 17.7 Å². The first-order valence-electron chi connectivity index (χ1n) is 7.44. The maximum Gasteiger partial charge on any atom is 0.150 e. The van der Waals surface area contributed by atoms with E-state index in [1.807, 2.05) is 6.20 Å². The number of nitrogens with zero attached hydrogens (tertiary/aromatic N) is 2. The molecule has 1 fully saturated rings. The van der Waals surface area contributed by atoms with Crippen molar-refractivity contribution in [1.29, 1.82) is 0 Å². The Balaban J connectivity index is 1.77. The first-order valence-corrected chi connectivity index (χ1v) is 9.27. The predicted molar refractivity (Wildman–Crippen MR) is 76.4 cm³/mol. The number of sulfone groups is 1. The fourth-order valence-electron chi connectivity index (χ4n) is 3.54. The van der Waals surface area contributed by atoms with Crippen LogP contribution in [-0.4, -0.2) is 41.2 Å². The molecular weight excluding hydrogens is 276 g/mol. The Labute approximate surface area is 119 Å². The second-order valence-corrected chi connectivity index (χ2v) is 8.33. The molecule has 1 N–H and O–H groups in total. The van der Waals surface area contributed by atoms with Crippen LogP contribution >= 0.6 is 0 Å². The molecule has 0 aliphatic carbocycles. The van der Waals surface area contributed by atoms with E-state index in [9.17, 15) is 13.5 Å². The minimum atomic E-state index is -2.85. The van der Waals surface area contributed by atoms with Crippen LogP contribution in [0.1, 0.15) is 43.1 Å². The van der Waals surface area contributed by atoms with Crippen molar-refractivity contribution >= 4 is 9.84 Å². The largest absolute Gasteiger partial charge is 0.396 e. The Bertz CT molecular complexity index is 579. The van der Waals surface area contributed by atoms with E-state index in [4.69, 9.17) is 0 Å². The third-order valence-corrected chi connectivity index (χ3v) is 6.46. The van der Waals surface area contributed by atoms with E-state index in [1.54, 1.807) is 0 Å². The van der Waals surface area contributed by atoms with Crippen molar-refractivity contribution in [2.24, 2.45) is 5.92 Å². The van der Waals surface area contributed by atoms with Crippen molar-refractivity contribution in [2.75, 3.05) is 18.1 Å². The molecule has 112 valence electrons. The number of aromatic nitrogens is 2. The van der Waals surface area contributed by atoms with Gasteiger partial charge in [0.2, 0.25) is 0 Å². The van der Waals surface area contributed by atoms with Crippen LogP contribution in [0.15, 0.2) is 6.20 Å². The maximum absolute atomic E-state index is 11.7. The SMILES string of the molecule is O=S1(=O)CCCC(Cc2ncc3n2CCCC3CO)C1. The monoisotopic (exact) mass is 298 g/mol. The third kappa shape index (κ3) is 2.76. The lowest BCUT2D eigenvalue weighted by molar-refractivity contribution is 0.240. The Morgan fingerprint density at radius 2 is 2.20 bits per heavy atom. The van der Waals surface area contributed by atoms with Gasteiger partial charge < -0.3 is 9.67 Å². The van der Waals surface area contributed by atoms with Gasteiger partial charge in [-0.2, -0.15) is 0 Å². The number of aliphatic hydroxyl groups excluding tert-OH is 1. The molecule has 1 aromatic heterocycles. The van der Waals surface area contributed by atoms with Crippen LogP contribution in [-0.2, 0) is 22.8 Å². The Morgan fingerprint density at radius 1 is 1.35 bits per heavy atom. The molecule has 20 heavy (non-hydrogen) atoms. The van der Waals surface area contributed by atoms with Gasteiger partial charge in [-0.3, -0.25) is 0 Å². The van der Waals surface area contributed by atoms with Crippen molar-refractivity contribution in [1.82, 2.24) is 9.55 Å². The van der Waals surface area contributed by atoms with Gasteiger partial charge in [0.15, 0.2) is 9.84 Å². The zero-order valence-corrected chi connectivity index (χ0v) is 12.5. The van der Waals surface area contributed by atoms with Crippen LogP contribution in [0.5, 0.6) is 0 Å². The van der Waals surface area contributed by atoms with Gasteiger partial charge in [0.25, 0.3) is 0 Å². The van der Waals surface area contributed by atoms with E-state index in [2.05, 4.69) is 9.55 Å². The number of imidazole rings is 1. The molecule has 6 heteroatoms. The Morgan fingerprint density at radius 3 is 2.95 bits per heavy atom. The van der Waals surface area contributed by atoms with E-state index >= 15 is 0 Å². The van der Waals surface area contributed by atoms with E-state index < -0.39 is 9.84 Å². The highest BCUT2D eigenvalue weighted by Crippen LogP contribution is 2.29. The van der Waals surface area contributed by atoms with Gasteiger partial charge >= 0.3 is 0 Å². The van der Waals surface area contributed by atoms with Crippen LogP contribution < -0.4 is 0 Å². The molecule has 5 nitrogen and oxygen atoms in total. The van der Waals surface area contributed by atoms with E-state index in [0.717, 1.165) is 50.2 Å². The average Bonchev–Trinajstić information content (AvgIpc) is 2.81. The van der Waals surface area contributed by atoms with E-state index in [1.165, 1.54) is 0 Å². The van der Waals surface area contributed by atoms with Gasteiger partial charge in [0.1, 0.15) is 5.82 Å². The first-order chi connectivity index (χ1) is 9.59. The molecule has 0 radical (unpaired) electrons.